The predicted octanol–water partition coefficient (Wildman–Crippen LogP) is 5.26. The first-order valence-corrected chi connectivity index (χ1v) is 9.57. The Balaban J connectivity index is 1.74. The summed E-state index contributed by atoms with van der Waals surface area (Å²) in [5.41, 5.74) is 4.62. The molecule has 0 spiro atoms. The number of anilines is 1. The zero-order valence-electron chi connectivity index (χ0n) is 17.4. The number of aromatic nitrogens is 2. The number of amides is 1. The molecule has 1 amide bonds. The summed E-state index contributed by atoms with van der Waals surface area (Å²) in [4.78, 5) is 23.3. The Kier molecular flexibility index (Phi) is 7.37. The lowest BCUT2D eigenvalue weighted by Gasteiger charge is -2.10. The van der Waals surface area contributed by atoms with E-state index in [1.165, 1.54) is 30.6 Å². The van der Waals surface area contributed by atoms with Crippen LogP contribution in [0.4, 0.5) is 37.8 Å². The van der Waals surface area contributed by atoms with Crippen molar-refractivity contribution in [3.8, 4) is 5.75 Å². The van der Waals surface area contributed by atoms with Gasteiger partial charge in [-0.2, -0.15) is 13.2 Å². The van der Waals surface area contributed by atoms with E-state index in [4.69, 9.17) is 5.73 Å². The number of hydrogen-bond donors (Lipinski definition) is 2. The summed E-state index contributed by atoms with van der Waals surface area (Å²) < 4.78 is 80.7. The average molecular weight is 495 g/mol. The van der Waals surface area contributed by atoms with Crippen molar-refractivity contribution in [1.29, 1.82) is 0 Å². The first-order chi connectivity index (χ1) is 16.4. The number of pyridine rings is 2. The summed E-state index contributed by atoms with van der Waals surface area (Å²) in [6, 6.07) is 9.53. The molecule has 35 heavy (non-hydrogen) atoms. The maximum atomic E-state index is 13.4. The number of aliphatic imine (C=N–C) groups is 1. The molecule has 0 atom stereocenters. The number of nitrogens with one attached hydrogen (secondary N) is 1. The van der Waals surface area contributed by atoms with E-state index in [2.05, 4.69) is 25.0 Å². The number of ether oxygens (including phenoxy) is 1. The quantitative estimate of drug-likeness (QED) is 0.359. The van der Waals surface area contributed by atoms with Crippen LogP contribution in [0.2, 0.25) is 0 Å². The molecule has 1 aromatic carbocycles. The number of halogens is 6. The van der Waals surface area contributed by atoms with Gasteiger partial charge in [-0.1, -0.05) is 0 Å². The summed E-state index contributed by atoms with van der Waals surface area (Å²) in [7, 11) is 0. The Bertz CT molecular complexity index is 1220. The molecule has 0 aliphatic heterocycles. The van der Waals surface area contributed by atoms with Crippen molar-refractivity contribution in [2.45, 2.75) is 12.5 Å². The first kappa shape index (κ1) is 25.2. The van der Waals surface area contributed by atoms with E-state index < -0.39 is 29.9 Å². The monoisotopic (exact) mass is 495 g/mol. The van der Waals surface area contributed by atoms with E-state index in [-0.39, 0.29) is 28.3 Å². The largest absolute Gasteiger partial charge is 0.573 e. The SMILES string of the molecule is NC(=CC(=Nc1ccc(NC(=O)c2ccc(OC(F)(F)F)cc2)cn1)C(F)(F)F)c1cccnc1. The fourth-order valence-corrected chi connectivity index (χ4v) is 2.60. The molecule has 0 aliphatic carbocycles. The third-order valence-electron chi connectivity index (χ3n) is 4.17. The van der Waals surface area contributed by atoms with E-state index in [0.29, 0.717) is 6.08 Å². The van der Waals surface area contributed by atoms with Crippen molar-refractivity contribution in [3.05, 3.63) is 84.3 Å². The summed E-state index contributed by atoms with van der Waals surface area (Å²) in [6.45, 7) is 0. The highest BCUT2D eigenvalue weighted by Crippen LogP contribution is 2.25. The van der Waals surface area contributed by atoms with Crippen molar-refractivity contribution in [2.24, 2.45) is 10.7 Å². The Morgan fingerprint density at radius 2 is 1.69 bits per heavy atom. The highest BCUT2D eigenvalue weighted by atomic mass is 19.4. The second-order valence-corrected chi connectivity index (χ2v) is 6.77. The van der Waals surface area contributed by atoms with E-state index >= 15 is 0 Å². The predicted molar refractivity (Wildman–Crippen MR) is 115 cm³/mol. The van der Waals surface area contributed by atoms with Gasteiger partial charge < -0.3 is 15.8 Å². The third kappa shape index (κ3) is 7.55. The number of carbonyl (C=O) groups is 1. The molecule has 2 aromatic heterocycles. The van der Waals surface area contributed by atoms with Crippen LogP contribution in [0.3, 0.4) is 0 Å². The first-order valence-electron chi connectivity index (χ1n) is 9.57. The minimum atomic E-state index is -4.87. The van der Waals surface area contributed by atoms with Gasteiger partial charge in [-0.05, 0) is 54.6 Å². The smallest absolute Gasteiger partial charge is 0.406 e. The molecule has 0 saturated carbocycles. The van der Waals surface area contributed by atoms with Crippen LogP contribution in [0.15, 0.2) is 78.2 Å². The summed E-state index contributed by atoms with van der Waals surface area (Å²) in [5, 5.41) is 2.42. The minimum Gasteiger partial charge on any atom is -0.406 e. The number of alkyl halides is 6. The molecule has 0 aliphatic rings. The summed E-state index contributed by atoms with van der Waals surface area (Å²) in [5.74, 6) is -1.50. The molecule has 7 nitrogen and oxygen atoms in total. The molecule has 0 unspecified atom stereocenters. The van der Waals surface area contributed by atoms with Gasteiger partial charge in [-0.15, -0.1) is 13.2 Å². The van der Waals surface area contributed by atoms with Crippen molar-refractivity contribution >= 4 is 28.8 Å². The van der Waals surface area contributed by atoms with Crippen LogP contribution in [0, 0.1) is 0 Å². The van der Waals surface area contributed by atoms with E-state index in [0.717, 1.165) is 36.5 Å². The molecule has 3 rings (SSSR count). The fraction of sp³-hybridized carbons (Fsp3) is 0.0909. The summed E-state index contributed by atoms with van der Waals surface area (Å²) >= 11 is 0. The van der Waals surface area contributed by atoms with Crippen LogP contribution >= 0.6 is 0 Å². The number of hydrogen-bond acceptors (Lipinski definition) is 6. The van der Waals surface area contributed by atoms with E-state index in [9.17, 15) is 31.1 Å². The number of benzene rings is 1. The minimum absolute atomic E-state index is 0.0111. The van der Waals surface area contributed by atoms with Crippen LogP contribution in [0.5, 0.6) is 5.75 Å². The van der Waals surface area contributed by atoms with Gasteiger partial charge in [-0.25, -0.2) is 9.98 Å². The lowest BCUT2D eigenvalue weighted by Crippen LogP contribution is -2.22. The molecule has 0 radical (unpaired) electrons. The number of nitrogens with zero attached hydrogens (tertiary/aromatic N) is 3. The number of allylic oxidation sites excluding steroid dienone is 1. The number of rotatable bonds is 6. The molecular formula is C22H15F6N5O2. The Hall–Kier alpha value is -4.42. The van der Waals surface area contributed by atoms with Gasteiger partial charge >= 0.3 is 12.5 Å². The third-order valence-corrected chi connectivity index (χ3v) is 4.17. The van der Waals surface area contributed by atoms with Crippen LogP contribution < -0.4 is 15.8 Å². The van der Waals surface area contributed by atoms with Crippen molar-refractivity contribution in [2.75, 3.05) is 5.32 Å². The topological polar surface area (TPSA) is 102 Å². The van der Waals surface area contributed by atoms with Crippen LogP contribution in [0.25, 0.3) is 5.70 Å². The number of carbonyl (C=O) groups excluding carboxylic acids is 1. The number of nitrogens with two attached hydrogens (primary N) is 1. The highest BCUT2D eigenvalue weighted by molar-refractivity contribution is 6.05. The molecule has 182 valence electrons. The maximum Gasteiger partial charge on any atom is 0.573 e. The molecule has 3 aromatic rings. The van der Waals surface area contributed by atoms with Crippen molar-refractivity contribution in [1.82, 2.24) is 9.97 Å². The van der Waals surface area contributed by atoms with Crippen LogP contribution in [-0.4, -0.2) is 34.1 Å². The standard InChI is InChI=1S/C22H15F6N5O2/c23-21(24,25)18(10-17(29)14-2-1-9-30-11-14)33-19-8-5-15(12-31-19)32-20(34)13-3-6-16(7-4-13)35-22(26,27)28/h1-12H,29H2,(H,32,34). The molecular weight excluding hydrogens is 480 g/mol. The van der Waals surface area contributed by atoms with E-state index in [1.807, 2.05) is 0 Å². The van der Waals surface area contributed by atoms with Gasteiger partial charge in [0.2, 0.25) is 0 Å². The second kappa shape index (κ2) is 10.2. The lowest BCUT2D eigenvalue weighted by atomic mass is 10.2. The van der Waals surface area contributed by atoms with Crippen LogP contribution in [-0.2, 0) is 0 Å². The molecule has 0 saturated heterocycles. The normalized spacial score (nSPS) is 12.9. The van der Waals surface area contributed by atoms with Gasteiger partial charge in [-0.3, -0.25) is 9.78 Å². The molecule has 0 fully saturated rings. The van der Waals surface area contributed by atoms with Gasteiger partial charge in [0.05, 0.1) is 11.9 Å². The maximum absolute atomic E-state index is 13.4. The van der Waals surface area contributed by atoms with Crippen LogP contribution in [0.1, 0.15) is 15.9 Å². The Morgan fingerprint density at radius 1 is 0.971 bits per heavy atom. The van der Waals surface area contributed by atoms with Crippen molar-refractivity contribution < 1.29 is 35.9 Å². The lowest BCUT2D eigenvalue weighted by molar-refractivity contribution is -0.274. The zero-order chi connectivity index (χ0) is 25.6. The zero-order valence-corrected chi connectivity index (χ0v) is 17.4. The summed E-state index contributed by atoms with van der Waals surface area (Å²) in [6.07, 6.45) is -5.24. The van der Waals surface area contributed by atoms with Crippen molar-refractivity contribution in [3.63, 3.8) is 0 Å². The average Bonchev–Trinajstić information content (AvgIpc) is 2.79. The molecule has 2 heterocycles. The Labute approximate surface area is 194 Å². The molecule has 0 bridgehead atoms. The molecule has 13 heteroatoms. The van der Waals surface area contributed by atoms with E-state index in [1.54, 1.807) is 0 Å². The highest BCUT2D eigenvalue weighted by Gasteiger charge is 2.35. The van der Waals surface area contributed by atoms with Gasteiger partial charge in [0, 0.05) is 29.2 Å². The molecule has 3 N–H and O–H groups in total. The fourth-order valence-electron chi connectivity index (χ4n) is 2.60. The van der Waals surface area contributed by atoms with Gasteiger partial charge in [0.1, 0.15) is 11.5 Å². The van der Waals surface area contributed by atoms with Gasteiger partial charge in [0.25, 0.3) is 5.91 Å². The van der Waals surface area contributed by atoms with Gasteiger partial charge in [0.15, 0.2) is 5.82 Å². The second-order valence-electron chi connectivity index (χ2n) is 6.77. The Morgan fingerprint density at radius 3 is 2.23 bits per heavy atom.